The quantitative estimate of drug-likeness (QED) is 0.586. The molecular weight excluding hydrogens is 206 g/mol. The van der Waals surface area contributed by atoms with E-state index in [9.17, 15) is 0 Å². The van der Waals surface area contributed by atoms with E-state index in [2.05, 4.69) is 4.90 Å². The molecule has 16 heavy (non-hydrogen) atoms. The van der Waals surface area contributed by atoms with Crippen LogP contribution in [0.4, 0.5) is 0 Å². The van der Waals surface area contributed by atoms with Gasteiger partial charge in [0.25, 0.3) is 0 Å². The normalized spacial score (nSPS) is 18.2. The van der Waals surface area contributed by atoms with Gasteiger partial charge in [0.1, 0.15) is 0 Å². The molecule has 0 aromatic rings. The van der Waals surface area contributed by atoms with Gasteiger partial charge in [-0.1, -0.05) is 0 Å². The molecule has 4 nitrogen and oxygen atoms in total. The SMILES string of the molecule is CC(C)OCCOCCCN1CCOCC1. The minimum atomic E-state index is 0.303. The number of ether oxygens (including phenoxy) is 3. The summed E-state index contributed by atoms with van der Waals surface area (Å²) in [5.41, 5.74) is 0. The Morgan fingerprint density at radius 3 is 2.56 bits per heavy atom. The van der Waals surface area contributed by atoms with Crippen molar-refractivity contribution in [3.05, 3.63) is 0 Å². The van der Waals surface area contributed by atoms with Crippen molar-refractivity contribution >= 4 is 0 Å². The number of rotatable bonds is 8. The highest BCUT2D eigenvalue weighted by Crippen LogP contribution is 1.98. The van der Waals surface area contributed by atoms with Crippen molar-refractivity contribution < 1.29 is 14.2 Å². The summed E-state index contributed by atoms with van der Waals surface area (Å²) < 4.78 is 16.2. The largest absolute Gasteiger partial charge is 0.379 e. The number of morpholine rings is 1. The molecule has 1 heterocycles. The van der Waals surface area contributed by atoms with Crippen LogP contribution in [0.25, 0.3) is 0 Å². The Balaban J connectivity index is 1.80. The molecule has 0 unspecified atom stereocenters. The molecule has 4 heteroatoms. The van der Waals surface area contributed by atoms with Gasteiger partial charge in [0.2, 0.25) is 0 Å². The van der Waals surface area contributed by atoms with Gasteiger partial charge in [-0.2, -0.15) is 0 Å². The fourth-order valence-electron chi connectivity index (χ4n) is 1.66. The first-order valence-electron chi connectivity index (χ1n) is 6.28. The lowest BCUT2D eigenvalue weighted by Gasteiger charge is -2.26. The van der Waals surface area contributed by atoms with Gasteiger partial charge in [0, 0.05) is 26.2 Å². The van der Waals surface area contributed by atoms with Crippen LogP contribution in [-0.2, 0) is 14.2 Å². The van der Waals surface area contributed by atoms with Crippen molar-refractivity contribution in [2.45, 2.75) is 26.4 Å². The van der Waals surface area contributed by atoms with Crippen molar-refractivity contribution in [2.24, 2.45) is 0 Å². The van der Waals surface area contributed by atoms with Crippen molar-refractivity contribution in [3.8, 4) is 0 Å². The number of hydrogen-bond donors (Lipinski definition) is 0. The summed E-state index contributed by atoms with van der Waals surface area (Å²) in [7, 11) is 0. The Bertz CT molecular complexity index is 158. The molecule has 1 saturated heterocycles. The van der Waals surface area contributed by atoms with Crippen molar-refractivity contribution in [1.29, 1.82) is 0 Å². The van der Waals surface area contributed by atoms with E-state index in [1.165, 1.54) is 0 Å². The summed E-state index contributed by atoms with van der Waals surface area (Å²) in [5.74, 6) is 0. The van der Waals surface area contributed by atoms with Gasteiger partial charge in [0.15, 0.2) is 0 Å². The molecule has 0 bridgehead atoms. The summed E-state index contributed by atoms with van der Waals surface area (Å²) in [5, 5.41) is 0. The Morgan fingerprint density at radius 1 is 1.12 bits per heavy atom. The molecule has 1 fully saturated rings. The molecule has 0 radical (unpaired) electrons. The Labute approximate surface area is 98.8 Å². The van der Waals surface area contributed by atoms with E-state index >= 15 is 0 Å². The zero-order valence-corrected chi connectivity index (χ0v) is 10.6. The maximum Gasteiger partial charge on any atom is 0.0703 e. The van der Waals surface area contributed by atoms with Gasteiger partial charge >= 0.3 is 0 Å². The van der Waals surface area contributed by atoms with E-state index in [0.29, 0.717) is 19.3 Å². The van der Waals surface area contributed by atoms with Crippen LogP contribution in [0.15, 0.2) is 0 Å². The maximum absolute atomic E-state index is 5.49. The summed E-state index contributed by atoms with van der Waals surface area (Å²) in [4.78, 5) is 2.43. The smallest absolute Gasteiger partial charge is 0.0703 e. The molecule has 1 rings (SSSR count). The van der Waals surface area contributed by atoms with Crippen LogP contribution in [0.5, 0.6) is 0 Å². The average Bonchev–Trinajstić information content (AvgIpc) is 2.29. The van der Waals surface area contributed by atoms with Gasteiger partial charge in [0.05, 0.1) is 32.5 Å². The minimum Gasteiger partial charge on any atom is -0.379 e. The van der Waals surface area contributed by atoms with Crippen molar-refractivity contribution in [2.75, 3.05) is 52.7 Å². The maximum atomic E-state index is 5.49. The lowest BCUT2D eigenvalue weighted by atomic mass is 10.3. The van der Waals surface area contributed by atoms with Gasteiger partial charge in [-0.3, -0.25) is 4.90 Å². The molecule has 0 N–H and O–H groups in total. The monoisotopic (exact) mass is 231 g/mol. The predicted molar refractivity (Wildman–Crippen MR) is 63.8 cm³/mol. The van der Waals surface area contributed by atoms with E-state index in [1.54, 1.807) is 0 Å². The Kier molecular flexibility index (Phi) is 7.76. The Morgan fingerprint density at radius 2 is 1.88 bits per heavy atom. The third-order valence-electron chi connectivity index (χ3n) is 2.55. The molecule has 0 aromatic carbocycles. The zero-order chi connectivity index (χ0) is 11.6. The highest BCUT2D eigenvalue weighted by molar-refractivity contribution is 4.61. The first kappa shape index (κ1) is 13.9. The van der Waals surface area contributed by atoms with E-state index in [-0.39, 0.29) is 0 Å². The van der Waals surface area contributed by atoms with E-state index in [4.69, 9.17) is 14.2 Å². The van der Waals surface area contributed by atoms with E-state index < -0.39 is 0 Å². The summed E-state index contributed by atoms with van der Waals surface area (Å²) in [6, 6.07) is 0. The van der Waals surface area contributed by atoms with Crippen LogP contribution in [0.3, 0.4) is 0 Å². The molecule has 0 aliphatic carbocycles. The van der Waals surface area contributed by atoms with Crippen molar-refractivity contribution in [1.82, 2.24) is 4.90 Å². The number of hydrogen-bond acceptors (Lipinski definition) is 4. The lowest BCUT2D eigenvalue weighted by Crippen LogP contribution is -2.37. The lowest BCUT2D eigenvalue weighted by molar-refractivity contribution is 0.0108. The highest BCUT2D eigenvalue weighted by Gasteiger charge is 2.08. The van der Waals surface area contributed by atoms with Gasteiger partial charge in [-0.25, -0.2) is 0 Å². The second-order valence-electron chi connectivity index (χ2n) is 4.34. The minimum absolute atomic E-state index is 0.303. The molecule has 0 aromatic heterocycles. The highest BCUT2D eigenvalue weighted by atomic mass is 16.5. The third-order valence-corrected chi connectivity index (χ3v) is 2.55. The molecule has 0 atom stereocenters. The molecule has 0 spiro atoms. The second kappa shape index (κ2) is 8.93. The van der Waals surface area contributed by atoms with Crippen molar-refractivity contribution in [3.63, 3.8) is 0 Å². The van der Waals surface area contributed by atoms with Gasteiger partial charge in [-0.05, 0) is 20.3 Å². The molecule has 1 aliphatic heterocycles. The second-order valence-corrected chi connectivity index (χ2v) is 4.34. The van der Waals surface area contributed by atoms with Gasteiger partial charge < -0.3 is 14.2 Å². The molecule has 0 saturated carbocycles. The molecule has 96 valence electrons. The Hall–Kier alpha value is -0.160. The summed E-state index contributed by atoms with van der Waals surface area (Å²) >= 11 is 0. The average molecular weight is 231 g/mol. The van der Waals surface area contributed by atoms with E-state index in [1.807, 2.05) is 13.8 Å². The fraction of sp³-hybridized carbons (Fsp3) is 1.00. The van der Waals surface area contributed by atoms with Crippen LogP contribution in [0, 0.1) is 0 Å². The fourth-order valence-corrected chi connectivity index (χ4v) is 1.66. The van der Waals surface area contributed by atoms with Crippen LogP contribution in [0.1, 0.15) is 20.3 Å². The third kappa shape index (κ3) is 7.17. The summed E-state index contributed by atoms with van der Waals surface area (Å²) in [6.07, 6.45) is 1.40. The molecular formula is C12H25NO3. The van der Waals surface area contributed by atoms with Crippen LogP contribution >= 0.6 is 0 Å². The standard InChI is InChI=1S/C12H25NO3/c1-12(2)16-11-10-14-7-3-4-13-5-8-15-9-6-13/h12H,3-11H2,1-2H3. The summed E-state index contributed by atoms with van der Waals surface area (Å²) in [6.45, 7) is 11.3. The zero-order valence-electron chi connectivity index (χ0n) is 10.6. The van der Waals surface area contributed by atoms with Crippen LogP contribution in [0.2, 0.25) is 0 Å². The molecule has 0 amide bonds. The van der Waals surface area contributed by atoms with E-state index in [0.717, 1.165) is 45.9 Å². The predicted octanol–water partition coefficient (Wildman–Crippen LogP) is 1.15. The number of nitrogens with zero attached hydrogens (tertiary/aromatic N) is 1. The van der Waals surface area contributed by atoms with Crippen LogP contribution < -0.4 is 0 Å². The first-order chi connectivity index (χ1) is 7.79. The topological polar surface area (TPSA) is 30.9 Å². The first-order valence-corrected chi connectivity index (χ1v) is 6.28. The van der Waals surface area contributed by atoms with Gasteiger partial charge in [-0.15, -0.1) is 0 Å². The van der Waals surface area contributed by atoms with Crippen LogP contribution in [-0.4, -0.2) is 63.7 Å². The molecule has 1 aliphatic rings.